The number of hydrogen-bond acceptors (Lipinski definition) is 7. The average Bonchev–Trinajstić information content (AvgIpc) is 2.97. The topological polar surface area (TPSA) is 104 Å². The van der Waals surface area contributed by atoms with Crippen molar-refractivity contribution in [2.24, 2.45) is 5.92 Å². The summed E-state index contributed by atoms with van der Waals surface area (Å²) in [7, 11) is 0. The first-order valence-electron chi connectivity index (χ1n) is 6.58. The van der Waals surface area contributed by atoms with Crippen LogP contribution in [0.4, 0.5) is 0 Å². The normalized spacial score (nSPS) is 26.8. The van der Waals surface area contributed by atoms with Gasteiger partial charge >= 0.3 is 11.9 Å². The highest BCUT2D eigenvalue weighted by molar-refractivity contribution is 7.98. The highest BCUT2D eigenvalue weighted by Crippen LogP contribution is 2.40. The minimum Gasteiger partial charge on any atom is -0.473 e. The first kappa shape index (κ1) is 16.2. The van der Waals surface area contributed by atoms with E-state index in [2.05, 4.69) is 19.9 Å². The molecule has 9 heteroatoms. The number of carbonyl (C=O) groups is 2. The van der Waals surface area contributed by atoms with Crippen LogP contribution in [0.3, 0.4) is 0 Å². The number of thioether (sulfide) groups is 1. The van der Waals surface area contributed by atoms with Crippen LogP contribution in [0, 0.1) is 5.92 Å². The molecule has 3 aliphatic heterocycles. The van der Waals surface area contributed by atoms with Gasteiger partial charge in [-0.05, 0) is 38.1 Å². The van der Waals surface area contributed by atoms with Crippen LogP contribution in [0.2, 0.25) is 0 Å². The van der Waals surface area contributed by atoms with Gasteiger partial charge in [-0.2, -0.15) is 8.75 Å². The lowest BCUT2D eigenvalue weighted by Gasteiger charge is -2.44. The average molecular weight is 331 g/mol. The van der Waals surface area contributed by atoms with Crippen LogP contribution in [-0.2, 0) is 9.59 Å². The number of carboxylic acids is 2. The van der Waals surface area contributed by atoms with E-state index in [0.717, 1.165) is 5.92 Å². The summed E-state index contributed by atoms with van der Waals surface area (Å²) in [5.74, 6) is -2.12. The molecule has 3 aliphatic rings. The van der Waals surface area contributed by atoms with Crippen molar-refractivity contribution in [1.82, 2.24) is 13.6 Å². The molecule has 1 aromatic heterocycles. The summed E-state index contributed by atoms with van der Waals surface area (Å²) in [5, 5.41) is 15.9. The van der Waals surface area contributed by atoms with Gasteiger partial charge in [0.15, 0.2) is 0 Å². The van der Waals surface area contributed by atoms with Crippen LogP contribution in [0.5, 0.6) is 0 Å². The Hall–Kier alpha value is -1.19. The van der Waals surface area contributed by atoms with E-state index in [9.17, 15) is 0 Å². The Labute approximate surface area is 130 Å². The van der Waals surface area contributed by atoms with Gasteiger partial charge in [0.25, 0.3) is 0 Å². The summed E-state index contributed by atoms with van der Waals surface area (Å²) in [6, 6.07) is 0. The zero-order valence-corrected chi connectivity index (χ0v) is 13.2. The molecule has 3 fully saturated rings. The van der Waals surface area contributed by atoms with Crippen LogP contribution in [0.25, 0.3) is 0 Å². The Kier molecular flexibility index (Phi) is 5.54. The third kappa shape index (κ3) is 3.92. The standard InChI is InChI=1S/C10H15N3S2.C2H2O4/c1-14-10-9(11-15-12-10)8-6-13-4-2-7(8)3-5-13;3-1(4)2(5)6/h7-8H,2-6H2,1H3;(H,3,4)(H,5,6). The molecular weight excluding hydrogens is 314 g/mol. The van der Waals surface area contributed by atoms with Crippen molar-refractivity contribution in [3.63, 3.8) is 0 Å². The van der Waals surface area contributed by atoms with E-state index in [-0.39, 0.29) is 0 Å². The SMILES string of the molecule is CSc1nsnc1C1CN2CCC1CC2.O=C(O)C(=O)O. The fraction of sp³-hybridized carbons (Fsp3) is 0.667. The van der Waals surface area contributed by atoms with Crippen LogP contribution >= 0.6 is 23.5 Å². The quantitative estimate of drug-likeness (QED) is 0.616. The van der Waals surface area contributed by atoms with Gasteiger partial charge < -0.3 is 15.1 Å². The molecule has 1 atom stereocenters. The molecule has 3 saturated heterocycles. The fourth-order valence-electron chi connectivity index (χ4n) is 2.83. The first-order valence-corrected chi connectivity index (χ1v) is 8.53. The molecule has 21 heavy (non-hydrogen) atoms. The minimum atomic E-state index is -1.82. The highest BCUT2D eigenvalue weighted by atomic mass is 32.2. The summed E-state index contributed by atoms with van der Waals surface area (Å²) in [5.41, 5.74) is 1.28. The van der Waals surface area contributed by atoms with Gasteiger partial charge in [-0.3, -0.25) is 0 Å². The van der Waals surface area contributed by atoms with Crippen LogP contribution in [-0.4, -0.2) is 61.7 Å². The van der Waals surface area contributed by atoms with E-state index in [0.29, 0.717) is 5.92 Å². The molecule has 4 heterocycles. The first-order chi connectivity index (χ1) is 10.0. The van der Waals surface area contributed by atoms with Gasteiger partial charge in [-0.15, -0.1) is 11.8 Å². The van der Waals surface area contributed by atoms with E-state index in [1.165, 1.54) is 54.9 Å². The fourth-order valence-corrected chi connectivity index (χ4v) is 4.21. The molecule has 2 bridgehead atoms. The van der Waals surface area contributed by atoms with Crippen molar-refractivity contribution >= 4 is 35.4 Å². The lowest BCUT2D eigenvalue weighted by atomic mass is 9.78. The molecule has 0 aromatic carbocycles. The second kappa shape index (κ2) is 7.19. The number of rotatable bonds is 2. The molecule has 2 N–H and O–H groups in total. The van der Waals surface area contributed by atoms with E-state index in [1.54, 1.807) is 11.8 Å². The lowest BCUT2D eigenvalue weighted by molar-refractivity contribution is -0.159. The largest absolute Gasteiger partial charge is 0.473 e. The number of piperidine rings is 3. The Balaban J connectivity index is 0.000000232. The van der Waals surface area contributed by atoms with Crippen molar-refractivity contribution in [2.45, 2.75) is 23.8 Å². The van der Waals surface area contributed by atoms with E-state index < -0.39 is 11.9 Å². The van der Waals surface area contributed by atoms with Gasteiger partial charge in [0.05, 0.1) is 17.4 Å². The van der Waals surface area contributed by atoms with Crippen LogP contribution < -0.4 is 0 Å². The molecule has 1 unspecified atom stereocenters. The zero-order valence-electron chi connectivity index (χ0n) is 11.6. The van der Waals surface area contributed by atoms with Crippen molar-refractivity contribution in [3.05, 3.63) is 5.69 Å². The van der Waals surface area contributed by atoms with Crippen molar-refractivity contribution in [1.29, 1.82) is 0 Å². The monoisotopic (exact) mass is 331 g/mol. The molecule has 7 nitrogen and oxygen atoms in total. The van der Waals surface area contributed by atoms with Gasteiger partial charge in [-0.25, -0.2) is 9.59 Å². The Morgan fingerprint density at radius 3 is 2.29 bits per heavy atom. The summed E-state index contributed by atoms with van der Waals surface area (Å²) in [6.07, 6.45) is 4.81. The Bertz CT molecular complexity index is 502. The molecule has 0 saturated carbocycles. The number of fused-ring (bicyclic) bond motifs is 3. The molecule has 0 radical (unpaired) electrons. The summed E-state index contributed by atoms with van der Waals surface area (Å²) < 4.78 is 8.88. The summed E-state index contributed by atoms with van der Waals surface area (Å²) >= 11 is 3.11. The lowest BCUT2D eigenvalue weighted by Crippen LogP contribution is -2.46. The van der Waals surface area contributed by atoms with E-state index >= 15 is 0 Å². The van der Waals surface area contributed by atoms with Gasteiger partial charge in [0.1, 0.15) is 5.03 Å². The van der Waals surface area contributed by atoms with Crippen LogP contribution in [0.1, 0.15) is 24.5 Å². The summed E-state index contributed by atoms with van der Waals surface area (Å²) in [4.78, 5) is 20.8. The number of nitrogens with zero attached hydrogens (tertiary/aromatic N) is 3. The smallest absolute Gasteiger partial charge is 0.414 e. The minimum absolute atomic E-state index is 0.661. The molecule has 4 rings (SSSR count). The number of aliphatic carboxylic acids is 2. The molecule has 0 spiro atoms. The predicted molar refractivity (Wildman–Crippen MR) is 78.9 cm³/mol. The van der Waals surface area contributed by atoms with Gasteiger partial charge in [0, 0.05) is 12.5 Å². The highest BCUT2D eigenvalue weighted by Gasteiger charge is 2.37. The molecule has 116 valence electrons. The predicted octanol–water partition coefficient (Wildman–Crippen LogP) is 1.22. The molecule has 0 amide bonds. The zero-order chi connectivity index (χ0) is 15.4. The second-order valence-corrected chi connectivity index (χ2v) is 6.34. The third-order valence-electron chi connectivity index (χ3n) is 3.87. The van der Waals surface area contributed by atoms with E-state index in [1.807, 2.05) is 0 Å². The van der Waals surface area contributed by atoms with Gasteiger partial charge in [-0.1, -0.05) is 0 Å². The van der Waals surface area contributed by atoms with E-state index in [4.69, 9.17) is 19.8 Å². The molecule has 1 aromatic rings. The third-order valence-corrected chi connectivity index (χ3v) is 5.21. The second-order valence-electron chi connectivity index (χ2n) is 5.01. The van der Waals surface area contributed by atoms with Crippen molar-refractivity contribution in [3.8, 4) is 0 Å². The van der Waals surface area contributed by atoms with Crippen LogP contribution in [0.15, 0.2) is 5.03 Å². The Morgan fingerprint density at radius 2 is 1.86 bits per heavy atom. The number of aromatic nitrogens is 2. The summed E-state index contributed by atoms with van der Waals surface area (Å²) in [6.45, 7) is 3.81. The van der Waals surface area contributed by atoms with Crippen molar-refractivity contribution in [2.75, 3.05) is 25.9 Å². The number of hydrogen-bond donors (Lipinski definition) is 2. The maximum atomic E-state index is 9.10. The molecular formula is C12H17N3O4S2. The number of carboxylic acid groups (broad SMARTS) is 2. The molecule has 0 aliphatic carbocycles. The maximum absolute atomic E-state index is 9.10. The van der Waals surface area contributed by atoms with Gasteiger partial charge in [0.2, 0.25) is 0 Å². The van der Waals surface area contributed by atoms with Crippen molar-refractivity contribution < 1.29 is 19.8 Å². The Morgan fingerprint density at radius 1 is 1.24 bits per heavy atom. The maximum Gasteiger partial charge on any atom is 0.414 e.